The van der Waals surface area contributed by atoms with E-state index in [9.17, 15) is 0 Å². The second-order valence-electron chi connectivity index (χ2n) is 2.47. The monoisotopic (exact) mass is 230 g/mol. The third kappa shape index (κ3) is 2.69. The van der Waals surface area contributed by atoms with Gasteiger partial charge in [0.2, 0.25) is 0 Å². The Balaban J connectivity index is 3.82. The third-order valence-corrected chi connectivity index (χ3v) is 16.6. The van der Waals surface area contributed by atoms with Crippen molar-refractivity contribution in [2.24, 2.45) is 0 Å². The molecular formula is C6H14Cl2Ge. The van der Waals surface area contributed by atoms with Crippen molar-refractivity contribution < 1.29 is 0 Å². The van der Waals surface area contributed by atoms with E-state index < -0.39 is 13.3 Å². The van der Waals surface area contributed by atoms with Crippen LogP contribution in [0.3, 0.4) is 0 Å². The number of hydrogen-bond acceptors (Lipinski definition) is 0. The van der Waals surface area contributed by atoms with Crippen LogP contribution in [-0.4, -0.2) is 22.7 Å². The van der Waals surface area contributed by atoms with E-state index in [1.807, 2.05) is 0 Å². The normalized spacial score (nSPS) is 12.0. The van der Waals surface area contributed by atoms with Crippen molar-refractivity contribution in [3.63, 3.8) is 0 Å². The van der Waals surface area contributed by atoms with Crippen molar-refractivity contribution in [2.75, 3.05) is 9.42 Å². The molecule has 0 saturated heterocycles. The van der Waals surface area contributed by atoms with Crippen LogP contribution in [0.5, 0.6) is 0 Å². The maximum atomic E-state index is 5.82. The van der Waals surface area contributed by atoms with E-state index in [0.29, 0.717) is 0 Å². The zero-order chi connectivity index (χ0) is 7.33. The van der Waals surface area contributed by atoms with Crippen LogP contribution < -0.4 is 0 Å². The molecule has 0 rings (SSSR count). The Morgan fingerprint density at radius 3 is 1.33 bits per heavy atom. The molecule has 0 aromatic rings. The number of alkyl halides is 2. The molecule has 0 aromatic carbocycles. The third-order valence-electron chi connectivity index (χ3n) is 2.07. The fourth-order valence-electron chi connectivity index (χ4n) is 0.664. The number of hydrogen-bond donors (Lipinski definition) is 0. The molecule has 0 bridgehead atoms. The van der Waals surface area contributed by atoms with E-state index in [4.69, 9.17) is 23.2 Å². The summed E-state index contributed by atoms with van der Waals surface area (Å²) in [6.07, 6.45) is 0. The number of halogens is 2. The van der Waals surface area contributed by atoms with Gasteiger partial charge in [-0.15, -0.1) is 0 Å². The van der Waals surface area contributed by atoms with Crippen LogP contribution in [0.1, 0.15) is 13.8 Å². The van der Waals surface area contributed by atoms with Crippen molar-refractivity contribution in [1.82, 2.24) is 0 Å². The van der Waals surface area contributed by atoms with Gasteiger partial charge in [0.25, 0.3) is 0 Å². The molecule has 0 spiro atoms. The molecule has 0 amide bonds. The van der Waals surface area contributed by atoms with Crippen LogP contribution in [-0.2, 0) is 0 Å². The van der Waals surface area contributed by atoms with Gasteiger partial charge in [0.05, 0.1) is 0 Å². The molecule has 0 saturated carbocycles. The first kappa shape index (κ1) is 10.1. The zero-order valence-electron chi connectivity index (χ0n) is 6.08. The first-order chi connectivity index (χ1) is 4.24. The molecule has 0 unspecified atom stereocenters. The van der Waals surface area contributed by atoms with Crippen molar-refractivity contribution in [2.45, 2.75) is 24.4 Å². The second kappa shape index (κ2) is 4.87. The van der Waals surface area contributed by atoms with Gasteiger partial charge >= 0.3 is 70.2 Å². The molecule has 0 aliphatic rings. The molecule has 3 heteroatoms. The molecule has 0 atom stereocenters. The van der Waals surface area contributed by atoms with Crippen LogP contribution in [0.4, 0.5) is 0 Å². The van der Waals surface area contributed by atoms with Gasteiger partial charge in [-0.05, 0) is 0 Å². The summed E-state index contributed by atoms with van der Waals surface area (Å²) in [7, 11) is 0. The first-order valence-corrected chi connectivity index (χ1v) is 10.4. The predicted octanol–water partition coefficient (Wildman–Crippen LogP) is 3.03. The molecule has 0 N–H and O–H groups in total. The standard InChI is InChI=1S/C6H14Cl2Ge/c1-3-9(4-2,5-7)6-8/h3-6H2,1-2H3. The Morgan fingerprint density at radius 2 is 1.33 bits per heavy atom. The van der Waals surface area contributed by atoms with Gasteiger partial charge in [-0.2, -0.15) is 0 Å². The summed E-state index contributed by atoms with van der Waals surface area (Å²) in [4.78, 5) is 0. The predicted molar refractivity (Wildman–Crippen MR) is 48.2 cm³/mol. The van der Waals surface area contributed by atoms with Gasteiger partial charge < -0.3 is 0 Å². The van der Waals surface area contributed by atoms with Crippen LogP contribution in [0.25, 0.3) is 0 Å². The molecule has 0 aliphatic heterocycles. The van der Waals surface area contributed by atoms with E-state index in [1.165, 1.54) is 10.5 Å². The van der Waals surface area contributed by atoms with Crippen LogP contribution in [0.15, 0.2) is 0 Å². The van der Waals surface area contributed by atoms with Crippen LogP contribution in [0.2, 0.25) is 10.5 Å². The molecule has 0 aliphatic carbocycles. The summed E-state index contributed by atoms with van der Waals surface area (Å²) in [5, 5.41) is 2.53. The Hall–Kier alpha value is 1.12. The minimum absolute atomic E-state index is 0.872. The topological polar surface area (TPSA) is 0 Å². The van der Waals surface area contributed by atoms with Gasteiger partial charge in [-0.25, -0.2) is 0 Å². The molecule has 0 nitrogen and oxygen atoms in total. The van der Waals surface area contributed by atoms with Crippen LogP contribution >= 0.6 is 23.2 Å². The van der Waals surface area contributed by atoms with E-state index in [1.54, 1.807) is 0 Å². The van der Waals surface area contributed by atoms with Gasteiger partial charge in [-0.3, -0.25) is 0 Å². The Labute approximate surface area is 70.3 Å². The SMILES string of the molecule is C[CH2][Ge]([CH2]C)([CH2]Cl)[CH2]Cl. The second-order valence-corrected chi connectivity index (χ2v) is 15.6. The van der Waals surface area contributed by atoms with Crippen molar-refractivity contribution in [1.29, 1.82) is 0 Å². The van der Waals surface area contributed by atoms with Gasteiger partial charge in [0.15, 0.2) is 0 Å². The van der Waals surface area contributed by atoms with E-state index >= 15 is 0 Å². The Bertz CT molecular complexity index is 53.9. The maximum absolute atomic E-state index is 5.82. The van der Waals surface area contributed by atoms with Crippen molar-refractivity contribution >= 4 is 36.5 Å². The summed E-state index contributed by atoms with van der Waals surface area (Å²) in [6, 6.07) is 0. The number of rotatable bonds is 4. The van der Waals surface area contributed by atoms with Gasteiger partial charge in [0, 0.05) is 0 Å². The van der Waals surface area contributed by atoms with Gasteiger partial charge in [0.1, 0.15) is 0 Å². The van der Waals surface area contributed by atoms with Crippen molar-refractivity contribution in [3.8, 4) is 0 Å². The van der Waals surface area contributed by atoms with Crippen molar-refractivity contribution in [3.05, 3.63) is 0 Å². The average molecular weight is 230 g/mol. The van der Waals surface area contributed by atoms with Gasteiger partial charge in [-0.1, -0.05) is 0 Å². The molecule has 56 valence electrons. The summed E-state index contributed by atoms with van der Waals surface area (Å²) in [5.74, 6) is 0. The molecule has 0 aromatic heterocycles. The molecular weight excluding hydrogens is 216 g/mol. The Morgan fingerprint density at radius 1 is 1.00 bits per heavy atom. The first-order valence-electron chi connectivity index (χ1n) is 3.36. The summed E-state index contributed by atoms with van der Waals surface area (Å²) >= 11 is 10.0. The Kier molecular flexibility index (Phi) is 5.47. The average Bonchev–Trinajstić information content (AvgIpc) is 1.95. The molecule has 0 radical (unpaired) electrons. The van der Waals surface area contributed by atoms with E-state index in [0.717, 1.165) is 9.42 Å². The molecule has 9 heavy (non-hydrogen) atoms. The molecule has 0 heterocycles. The fraction of sp³-hybridized carbons (Fsp3) is 1.00. The van der Waals surface area contributed by atoms with E-state index in [-0.39, 0.29) is 0 Å². The zero-order valence-corrected chi connectivity index (χ0v) is 9.69. The summed E-state index contributed by atoms with van der Waals surface area (Å²) in [5.41, 5.74) is 0. The summed E-state index contributed by atoms with van der Waals surface area (Å²) < 4.78 is 1.74. The van der Waals surface area contributed by atoms with E-state index in [2.05, 4.69) is 13.8 Å². The molecule has 0 fully saturated rings. The minimum atomic E-state index is -1.64. The quantitative estimate of drug-likeness (QED) is 0.514. The fourth-order valence-corrected chi connectivity index (χ4v) is 8.86. The summed E-state index contributed by atoms with van der Waals surface area (Å²) in [6.45, 7) is 4.43. The van der Waals surface area contributed by atoms with Crippen LogP contribution in [0, 0.1) is 0 Å².